The standard InChI is InChI=1S/C27H29N3O6/c1-17-23(26(31)35-3)25(20-10-7-11-21(14-20)30(33)34)24(18(2)28-17)27(32)36-22-12-13-29(16-22)15-19-8-5-4-6-9-19/h4-11,14,22,25,28H,12-13,15-16H2,1-3H3/t22-,25-/m0/s1/i13D2,16D2. The number of hydrogen-bond acceptors (Lipinski definition) is 8. The Hall–Kier alpha value is -3.98. The zero-order valence-corrected chi connectivity index (χ0v) is 20.1. The van der Waals surface area contributed by atoms with Crippen molar-refractivity contribution in [2.45, 2.75) is 38.8 Å². The molecule has 1 saturated heterocycles. The van der Waals surface area contributed by atoms with Gasteiger partial charge in [0.05, 0.1) is 29.1 Å². The Kier molecular flexibility index (Phi) is 6.04. The van der Waals surface area contributed by atoms with Gasteiger partial charge in [0.1, 0.15) is 6.10 Å². The maximum absolute atomic E-state index is 13.8. The lowest BCUT2D eigenvalue weighted by atomic mass is 9.80. The highest BCUT2D eigenvalue weighted by Crippen LogP contribution is 2.40. The number of nitrogens with zero attached hydrogens (tertiary/aromatic N) is 2. The zero-order valence-electron chi connectivity index (χ0n) is 24.1. The number of carbonyl (C=O) groups excluding carboxylic acids is 2. The molecule has 188 valence electrons. The van der Waals surface area contributed by atoms with E-state index in [-0.39, 0.29) is 28.9 Å². The van der Waals surface area contributed by atoms with Crippen molar-refractivity contribution in [2.24, 2.45) is 0 Å². The first-order valence-electron chi connectivity index (χ1n) is 13.3. The van der Waals surface area contributed by atoms with Crippen LogP contribution in [-0.4, -0.2) is 48.0 Å². The Balaban J connectivity index is 1.71. The Morgan fingerprint density at radius 2 is 1.81 bits per heavy atom. The van der Waals surface area contributed by atoms with Crippen LogP contribution in [0.3, 0.4) is 0 Å². The van der Waals surface area contributed by atoms with Crippen molar-refractivity contribution in [3.63, 3.8) is 0 Å². The fourth-order valence-corrected chi connectivity index (χ4v) is 4.38. The first kappa shape index (κ1) is 20.2. The van der Waals surface area contributed by atoms with Crippen molar-refractivity contribution < 1.29 is 29.5 Å². The van der Waals surface area contributed by atoms with Gasteiger partial charge in [0.15, 0.2) is 0 Å². The number of ether oxygens (including phenoxy) is 2. The van der Waals surface area contributed by atoms with Crippen LogP contribution in [0.25, 0.3) is 0 Å². The van der Waals surface area contributed by atoms with Crippen LogP contribution in [0.4, 0.5) is 5.69 Å². The number of nitro benzene ring substituents is 1. The van der Waals surface area contributed by atoms with Crippen molar-refractivity contribution in [3.8, 4) is 0 Å². The Labute approximate surface area is 215 Å². The van der Waals surface area contributed by atoms with E-state index >= 15 is 0 Å². The number of non-ortho nitro benzene ring substituents is 1. The predicted molar refractivity (Wildman–Crippen MR) is 133 cm³/mol. The molecular weight excluding hydrogens is 462 g/mol. The van der Waals surface area contributed by atoms with Crippen molar-refractivity contribution in [1.82, 2.24) is 10.2 Å². The molecule has 2 aromatic rings. The highest BCUT2D eigenvalue weighted by atomic mass is 16.6. The summed E-state index contributed by atoms with van der Waals surface area (Å²) in [7, 11) is 1.17. The fourth-order valence-electron chi connectivity index (χ4n) is 4.38. The maximum Gasteiger partial charge on any atom is 0.337 e. The van der Waals surface area contributed by atoms with Gasteiger partial charge in [0.2, 0.25) is 0 Å². The molecule has 0 spiro atoms. The first-order chi connectivity index (χ1) is 18.8. The number of carbonyl (C=O) groups is 2. The fraction of sp³-hybridized carbons (Fsp3) is 0.333. The summed E-state index contributed by atoms with van der Waals surface area (Å²) < 4.78 is 45.0. The molecule has 0 saturated carbocycles. The molecule has 0 unspecified atom stereocenters. The highest BCUT2D eigenvalue weighted by molar-refractivity contribution is 6.00. The average molecular weight is 496 g/mol. The molecule has 0 aliphatic carbocycles. The predicted octanol–water partition coefficient (Wildman–Crippen LogP) is 3.82. The van der Waals surface area contributed by atoms with E-state index in [2.05, 4.69) is 5.32 Å². The third kappa shape index (κ3) is 5.31. The minimum Gasteiger partial charge on any atom is -0.466 e. The molecular formula is C27H29N3O6. The number of rotatable bonds is 7. The minimum absolute atomic E-state index is 0.0380. The van der Waals surface area contributed by atoms with Crippen LogP contribution in [0.15, 0.2) is 77.1 Å². The summed E-state index contributed by atoms with van der Waals surface area (Å²) in [4.78, 5) is 38.5. The van der Waals surface area contributed by atoms with Crippen molar-refractivity contribution in [1.29, 1.82) is 0 Å². The van der Waals surface area contributed by atoms with Gasteiger partial charge in [-0.3, -0.25) is 15.0 Å². The summed E-state index contributed by atoms with van der Waals surface area (Å²) in [5.41, 5.74) is 1.34. The van der Waals surface area contributed by atoms with Crippen LogP contribution in [0.5, 0.6) is 0 Å². The SMILES string of the molecule is [2H]C1([2H])C[C@H](OC(=O)C2=C(C)NC(C)=C(C(=O)OC)[C@@H]2c2cccc([N+](=O)[O-])c2)C([2H])([2H])N1Cc1ccccc1. The second kappa shape index (κ2) is 10.7. The maximum atomic E-state index is 13.8. The van der Waals surface area contributed by atoms with E-state index in [0.29, 0.717) is 17.0 Å². The molecule has 0 radical (unpaired) electrons. The molecule has 2 aromatic carbocycles. The summed E-state index contributed by atoms with van der Waals surface area (Å²) >= 11 is 0. The topological polar surface area (TPSA) is 111 Å². The van der Waals surface area contributed by atoms with Crippen LogP contribution < -0.4 is 5.32 Å². The molecule has 1 N–H and O–H groups in total. The van der Waals surface area contributed by atoms with Crippen molar-refractivity contribution in [2.75, 3.05) is 20.1 Å². The largest absolute Gasteiger partial charge is 0.466 e. The number of allylic oxidation sites excluding steroid dienone is 2. The second-order valence-electron chi connectivity index (χ2n) is 8.44. The molecule has 0 bridgehead atoms. The molecule has 9 heteroatoms. The third-order valence-corrected chi connectivity index (χ3v) is 6.00. The van der Waals surface area contributed by atoms with E-state index in [1.54, 1.807) is 44.2 Å². The van der Waals surface area contributed by atoms with Crippen molar-refractivity contribution in [3.05, 3.63) is 98.4 Å². The lowest BCUT2D eigenvalue weighted by molar-refractivity contribution is -0.384. The Morgan fingerprint density at radius 3 is 2.47 bits per heavy atom. The lowest BCUT2D eigenvalue weighted by Gasteiger charge is -2.30. The summed E-state index contributed by atoms with van der Waals surface area (Å²) in [5, 5.41) is 14.4. The summed E-state index contributed by atoms with van der Waals surface area (Å²) in [5.74, 6) is -2.87. The van der Waals surface area contributed by atoms with Gasteiger partial charge >= 0.3 is 11.9 Å². The van der Waals surface area contributed by atoms with Crippen LogP contribution in [-0.2, 0) is 25.6 Å². The van der Waals surface area contributed by atoms with E-state index in [1.807, 2.05) is 0 Å². The van der Waals surface area contributed by atoms with Gasteiger partial charge in [0.25, 0.3) is 5.69 Å². The summed E-state index contributed by atoms with van der Waals surface area (Å²) in [6.07, 6.45) is -1.92. The molecule has 0 aromatic heterocycles. The van der Waals surface area contributed by atoms with Crippen LogP contribution in [0, 0.1) is 10.1 Å². The molecule has 2 heterocycles. The van der Waals surface area contributed by atoms with Gasteiger partial charge < -0.3 is 14.8 Å². The van der Waals surface area contributed by atoms with Crippen LogP contribution in [0.1, 0.15) is 42.8 Å². The number of benzene rings is 2. The number of methoxy groups -OCH3 is 1. The van der Waals surface area contributed by atoms with E-state index in [4.69, 9.17) is 15.0 Å². The molecule has 1 fully saturated rings. The van der Waals surface area contributed by atoms with Gasteiger partial charge in [-0.05, 0) is 31.4 Å². The normalized spacial score (nSPS) is 24.6. The molecule has 2 atom stereocenters. The number of likely N-dealkylation sites (tertiary alicyclic amines) is 1. The molecule has 2 aliphatic heterocycles. The molecule has 0 amide bonds. The minimum atomic E-state index is -2.37. The zero-order chi connectivity index (χ0) is 29.4. The van der Waals surface area contributed by atoms with Gasteiger partial charge in [-0.2, -0.15) is 0 Å². The number of esters is 2. The van der Waals surface area contributed by atoms with Crippen LogP contribution >= 0.6 is 0 Å². The van der Waals surface area contributed by atoms with Gasteiger partial charge in [-0.25, -0.2) is 9.59 Å². The van der Waals surface area contributed by atoms with E-state index < -0.39 is 48.3 Å². The number of hydrogen-bond donors (Lipinski definition) is 1. The van der Waals surface area contributed by atoms with Crippen LogP contribution in [0.2, 0.25) is 0 Å². The smallest absolute Gasteiger partial charge is 0.337 e. The van der Waals surface area contributed by atoms with E-state index in [1.165, 1.54) is 31.4 Å². The monoisotopic (exact) mass is 495 g/mol. The van der Waals surface area contributed by atoms with Crippen molar-refractivity contribution >= 4 is 17.6 Å². The molecule has 4 rings (SSSR count). The third-order valence-electron chi connectivity index (χ3n) is 6.00. The van der Waals surface area contributed by atoms with Gasteiger partial charge in [-0.1, -0.05) is 42.5 Å². The Morgan fingerprint density at radius 1 is 1.11 bits per heavy atom. The van der Waals surface area contributed by atoms with Gasteiger partial charge in [-0.15, -0.1) is 0 Å². The highest BCUT2D eigenvalue weighted by Gasteiger charge is 2.39. The summed E-state index contributed by atoms with van der Waals surface area (Å²) in [6, 6.07) is 14.3. The molecule has 36 heavy (non-hydrogen) atoms. The Bertz CT molecular complexity index is 1410. The van der Waals surface area contributed by atoms with E-state index in [0.717, 1.165) is 4.90 Å². The first-order valence-corrected chi connectivity index (χ1v) is 11.3. The molecule has 2 aliphatic rings. The number of dihydropyridines is 1. The second-order valence-corrected chi connectivity index (χ2v) is 8.44. The lowest BCUT2D eigenvalue weighted by Crippen LogP contribution is -2.34. The average Bonchev–Trinajstić information content (AvgIpc) is 3.07. The number of nitrogens with one attached hydrogen (secondary N) is 1. The summed E-state index contributed by atoms with van der Waals surface area (Å²) in [6.45, 7) is -1.38. The molecule has 9 nitrogen and oxygen atoms in total. The van der Waals surface area contributed by atoms with Gasteiger partial charge in [0, 0.05) is 48.5 Å². The quantitative estimate of drug-likeness (QED) is 0.351. The van der Waals surface area contributed by atoms with E-state index in [9.17, 15) is 19.7 Å². The number of nitro groups is 1.